The predicted molar refractivity (Wildman–Crippen MR) is 130 cm³/mol. The van der Waals surface area contributed by atoms with E-state index in [1.54, 1.807) is 36.7 Å². The fourth-order valence-corrected chi connectivity index (χ4v) is 2.33. The summed E-state index contributed by atoms with van der Waals surface area (Å²) in [6.45, 7) is 0. The molecule has 0 amide bonds. The van der Waals surface area contributed by atoms with Crippen LogP contribution in [0.3, 0.4) is 0 Å². The molecule has 0 bridgehead atoms. The van der Waals surface area contributed by atoms with E-state index in [1.807, 2.05) is 48.5 Å². The van der Waals surface area contributed by atoms with E-state index >= 15 is 0 Å². The molecule has 13 heteroatoms. The standard InChI is InChI=1S/2C10H8N2O.2C2N3.Cu/c2*13-12-8-4-2-6-10(12)9-5-1-3-7-11-9;2*3-1-5-2-4;/h2*1-8H;;;/q;;2*-1;+2. The van der Waals surface area contributed by atoms with Crippen LogP contribution in [0.4, 0.5) is 0 Å². The van der Waals surface area contributed by atoms with E-state index in [0.717, 1.165) is 9.46 Å². The largest absolute Gasteiger partial charge is 2.00 e. The number of nitrogens with zero attached hydrogens (tertiary/aromatic N) is 10. The van der Waals surface area contributed by atoms with Crippen molar-refractivity contribution >= 4 is 12.0 Å². The molecule has 0 aromatic carbocycles. The van der Waals surface area contributed by atoms with Crippen molar-refractivity contribution < 1.29 is 26.5 Å². The Kier molecular flexibility index (Phi) is 16.9. The molecule has 0 fully saturated rings. The first-order valence-electron chi connectivity index (χ1n) is 9.74. The Morgan fingerprint density at radius 1 is 0.649 bits per heavy atom. The average Bonchev–Trinajstić information content (AvgIpc) is 2.92. The van der Waals surface area contributed by atoms with Gasteiger partial charge in [0.1, 0.15) is 11.4 Å². The van der Waals surface area contributed by atoms with E-state index in [4.69, 9.17) is 21.3 Å². The zero-order valence-electron chi connectivity index (χ0n) is 18.8. The van der Waals surface area contributed by atoms with Gasteiger partial charge in [0, 0.05) is 36.7 Å². The molecule has 185 valence electrons. The Morgan fingerprint density at radius 2 is 1.03 bits per heavy atom. The van der Waals surface area contributed by atoms with Gasteiger partial charge in [0.15, 0.2) is 12.4 Å². The molecule has 0 aliphatic carbocycles. The predicted octanol–water partition coefficient (Wildman–Crippen LogP) is 3.18. The SMILES string of the molecule is N#CN=C=[N-].N#CN=C=[N-].[Cu+2].[O-][n+]1ccccc1-c1ccccn1.[O-][n+]1ccccc1-c1ccccn1. The van der Waals surface area contributed by atoms with Gasteiger partial charge in [-0.1, -0.05) is 12.1 Å². The third-order valence-electron chi connectivity index (χ3n) is 3.70. The number of nitriles is 2. The molecule has 12 nitrogen and oxygen atoms in total. The van der Waals surface area contributed by atoms with Crippen LogP contribution in [0.5, 0.6) is 0 Å². The van der Waals surface area contributed by atoms with Crippen LogP contribution in [-0.2, 0) is 17.1 Å². The molecule has 0 spiro atoms. The molecule has 0 aliphatic rings. The minimum absolute atomic E-state index is 0. The van der Waals surface area contributed by atoms with E-state index in [1.165, 1.54) is 36.8 Å². The van der Waals surface area contributed by atoms with Crippen molar-refractivity contribution in [3.63, 3.8) is 0 Å². The molecule has 4 heterocycles. The molecule has 0 aliphatic heterocycles. The second kappa shape index (κ2) is 19.9. The molecule has 1 radical (unpaired) electrons. The Morgan fingerprint density at radius 3 is 1.27 bits per heavy atom. The van der Waals surface area contributed by atoms with E-state index in [-0.39, 0.29) is 17.1 Å². The van der Waals surface area contributed by atoms with Crippen molar-refractivity contribution in [3.8, 4) is 35.2 Å². The van der Waals surface area contributed by atoms with Gasteiger partial charge in [-0.3, -0.25) is 0 Å². The van der Waals surface area contributed by atoms with Gasteiger partial charge in [-0.2, -0.15) is 20.0 Å². The summed E-state index contributed by atoms with van der Waals surface area (Å²) in [5, 5.41) is 52.3. The van der Waals surface area contributed by atoms with E-state index in [9.17, 15) is 10.4 Å². The van der Waals surface area contributed by atoms with Crippen molar-refractivity contribution in [1.29, 1.82) is 10.5 Å². The van der Waals surface area contributed by atoms with Crippen LogP contribution in [0.1, 0.15) is 0 Å². The van der Waals surface area contributed by atoms with Gasteiger partial charge in [0.2, 0.25) is 11.4 Å². The van der Waals surface area contributed by atoms with E-state index in [2.05, 4.69) is 20.0 Å². The van der Waals surface area contributed by atoms with Crippen LogP contribution in [0.2, 0.25) is 0 Å². The molecule has 0 N–H and O–H groups in total. The van der Waals surface area contributed by atoms with Crippen molar-refractivity contribution in [2.75, 3.05) is 0 Å². The first-order chi connectivity index (χ1) is 17.6. The van der Waals surface area contributed by atoms with Crippen LogP contribution >= 0.6 is 0 Å². The molecule has 0 saturated carbocycles. The second-order valence-corrected chi connectivity index (χ2v) is 5.88. The maximum atomic E-state index is 11.3. The Hall–Kier alpha value is -5.54. The molecule has 0 atom stereocenters. The van der Waals surface area contributed by atoms with Crippen molar-refractivity contribution in [2.45, 2.75) is 0 Å². The quantitative estimate of drug-likeness (QED) is 0.123. The normalized spacial score (nSPS) is 7.95. The first-order valence-corrected chi connectivity index (χ1v) is 9.74. The number of hydrogen-bond donors (Lipinski definition) is 0. The first kappa shape index (κ1) is 31.5. The van der Waals surface area contributed by atoms with Gasteiger partial charge in [-0.25, -0.2) is 9.97 Å². The Balaban J connectivity index is 0.000000510. The van der Waals surface area contributed by atoms with Gasteiger partial charge in [0.05, 0.1) is 12.4 Å². The molecular formula is C24H16CuN10O2. The van der Waals surface area contributed by atoms with Crippen LogP contribution < -0.4 is 9.46 Å². The summed E-state index contributed by atoms with van der Waals surface area (Å²) >= 11 is 0. The van der Waals surface area contributed by atoms with Crippen LogP contribution in [-0.4, -0.2) is 22.0 Å². The maximum Gasteiger partial charge on any atom is 2.00 e. The summed E-state index contributed by atoms with van der Waals surface area (Å²) in [4.78, 5) is 13.3. The molecule has 37 heavy (non-hydrogen) atoms. The van der Waals surface area contributed by atoms with Gasteiger partial charge in [-0.05, 0) is 36.4 Å². The summed E-state index contributed by atoms with van der Waals surface area (Å²) in [5.41, 5.74) is 2.53. The van der Waals surface area contributed by atoms with Crippen molar-refractivity contribution in [1.82, 2.24) is 9.97 Å². The fraction of sp³-hybridized carbons (Fsp3) is 0. The summed E-state index contributed by atoms with van der Waals surface area (Å²) in [6, 6.07) is 24.1. The summed E-state index contributed by atoms with van der Waals surface area (Å²) in [5.74, 6) is 0. The molecule has 0 unspecified atom stereocenters. The Bertz CT molecular complexity index is 1290. The summed E-state index contributed by atoms with van der Waals surface area (Å²) in [7, 11) is 0. The number of aromatic nitrogens is 4. The number of pyridine rings is 4. The fourth-order valence-electron chi connectivity index (χ4n) is 2.33. The Labute approximate surface area is 222 Å². The zero-order chi connectivity index (χ0) is 26.4. The van der Waals surface area contributed by atoms with Gasteiger partial charge >= 0.3 is 17.1 Å². The topological polar surface area (TPSA) is 197 Å². The third-order valence-corrected chi connectivity index (χ3v) is 3.70. The molecule has 4 aromatic rings. The molecule has 0 saturated heterocycles. The zero-order valence-corrected chi connectivity index (χ0v) is 19.8. The minimum atomic E-state index is 0. The third kappa shape index (κ3) is 12.5. The van der Waals surface area contributed by atoms with E-state index in [0.29, 0.717) is 22.8 Å². The summed E-state index contributed by atoms with van der Waals surface area (Å²) in [6.07, 6.45) is 8.83. The monoisotopic (exact) mass is 539 g/mol. The maximum absolute atomic E-state index is 11.3. The van der Waals surface area contributed by atoms with Gasteiger partial charge in [0.25, 0.3) is 0 Å². The van der Waals surface area contributed by atoms with E-state index < -0.39 is 0 Å². The molecule has 4 aromatic heterocycles. The summed E-state index contributed by atoms with van der Waals surface area (Å²) < 4.78 is 1.62. The van der Waals surface area contributed by atoms with Crippen molar-refractivity contribution in [3.05, 3.63) is 119 Å². The average molecular weight is 540 g/mol. The smallest absolute Gasteiger partial charge is 0.618 e. The van der Waals surface area contributed by atoms with Crippen LogP contribution in [0, 0.1) is 33.3 Å². The minimum Gasteiger partial charge on any atom is -0.618 e. The van der Waals surface area contributed by atoms with Crippen LogP contribution in [0.15, 0.2) is 108 Å². The van der Waals surface area contributed by atoms with Crippen LogP contribution in [0.25, 0.3) is 33.6 Å². The number of hydrogen-bond acceptors (Lipinski definition) is 8. The van der Waals surface area contributed by atoms with Crippen molar-refractivity contribution in [2.24, 2.45) is 9.98 Å². The number of rotatable bonds is 2. The second-order valence-electron chi connectivity index (χ2n) is 5.88. The molecular weight excluding hydrogens is 524 g/mol. The van der Waals surface area contributed by atoms with Gasteiger partial charge < -0.3 is 31.2 Å². The van der Waals surface area contributed by atoms with Gasteiger partial charge in [-0.15, -0.1) is 12.0 Å². The molecule has 4 rings (SSSR count). The number of aliphatic imine (C=N–C) groups is 2.